The molecule has 6 nitrogen and oxygen atoms in total. The molecule has 1 amide bonds. The van der Waals surface area contributed by atoms with Crippen LogP contribution in [0.2, 0.25) is 0 Å². The second-order valence-electron chi connectivity index (χ2n) is 7.68. The molecule has 7 heteroatoms. The Bertz CT molecular complexity index is 809. The molecule has 0 aliphatic carbocycles. The average Bonchev–Trinajstić information content (AvgIpc) is 3.05. The monoisotopic (exact) mass is 416 g/mol. The fourth-order valence-corrected chi connectivity index (χ4v) is 4.69. The minimum absolute atomic E-state index is 0.281. The summed E-state index contributed by atoms with van der Waals surface area (Å²) in [6.45, 7) is 10.1. The van der Waals surface area contributed by atoms with Gasteiger partial charge in [-0.05, 0) is 69.3 Å². The molecule has 1 aromatic heterocycles. The number of nitrogens with two attached hydrogens (primary N) is 1. The summed E-state index contributed by atoms with van der Waals surface area (Å²) in [6, 6.07) is 6.51. The standard InChI is InChI=1S/C22H32N4O2S/c1-16-8-9-19(22-17(2)24-28-18(22)3)15-20(16)29-26-13-11-25(12-14-26)21(27)7-5-4-6-10-23/h8-9,15H,4-7,10-14,23H2,1-3H3. The van der Waals surface area contributed by atoms with Gasteiger partial charge in [0.05, 0.1) is 5.69 Å². The zero-order valence-corrected chi connectivity index (χ0v) is 18.6. The molecule has 1 aliphatic rings. The topological polar surface area (TPSA) is 75.6 Å². The minimum atomic E-state index is 0.281. The number of aromatic nitrogens is 1. The summed E-state index contributed by atoms with van der Waals surface area (Å²) in [4.78, 5) is 15.6. The molecule has 0 unspecified atom stereocenters. The first-order valence-electron chi connectivity index (χ1n) is 10.4. The zero-order chi connectivity index (χ0) is 20.8. The molecule has 0 atom stereocenters. The third-order valence-electron chi connectivity index (χ3n) is 5.42. The molecule has 2 N–H and O–H groups in total. The van der Waals surface area contributed by atoms with Gasteiger partial charge >= 0.3 is 0 Å². The normalized spacial score (nSPS) is 15.1. The maximum absolute atomic E-state index is 12.4. The van der Waals surface area contributed by atoms with Gasteiger partial charge < -0.3 is 15.2 Å². The number of piperazine rings is 1. The second-order valence-corrected chi connectivity index (χ2v) is 8.82. The molecule has 29 heavy (non-hydrogen) atoms. The molecule has 158 valence electrons. The Morgan fingerprint density at radius 1 is 1.14 bits per heavy atom. The Kier molecular flexibility index (Phi) is 7.75. The summed E-state index contributed by atoms with van der Waals surface area (Å²) in [5.41, 5.74) is 9.91. The lowest BCUT2D eigenvalue weighted by molar-refractivity contribution is -0.132. The number of benzene rings is 1. The van der Waals surface area contributed by atoms with Crippen molar-refractivity contribution in [2.75, 3.05) is 32.7 Å². The average molecular weight is 417 g/mol. The molecular formula is C22H32N4O2S. The van der Waals surface area contributed by atoms with Crippen LogP contribution in [0.25, 0.3) is 11.1 Å². The van der Waals surface area contributed by atoms with Crippen molar-refractivity contribution < 1.29 is 9.32 Å². The van der Waals surface area contributed by atoms with Crippen LogP contribution in [-0.4, -0.2) is 53.0 Å². The van der Waals surface area contributed by atoms with E-state index in [1.54, 1.807) is 11.9 Å². The maximum Gasteiger partial charge on any atom is 0.222 e. The first kappa shape index (κ1) is 21.9. The fraction of sp³-hybridized carbons (Fsp3) is 0.545. The van der Waals surface area contributed by atoms with Gasteiger partial charge in [-0.3, -0.25) is 4.79 Å². The number of carbonyl (C=O) groups excluding carboxylic acids is 1. The van der Waals surface area contributed by atoms with Gasteiger partial charge in [-0.25, -0.2) is 4.31 Å². The van der Waals surface area contributed by atoms with E-state index >= 15 is 0 Å². The van der Waals surface area contributed by atoms with Gasteiger partial charge in [-0.15, -0.1) is 0 Å². The number of hydrogen-bond donors (Lipinski definition) is 1. The molecular weight excluding hydrogens is 384 g/mol. The van der Waals surface area contributed by atoms with Gasteiger partial charge in [0.25, 0.3) is 0 Å². The van der Waals surface area contributed by atoms with Crippen molar-refractivity contribution in [1.82, 2.24) is 14.4 Å². The summed E-state index contributed by atoms with van der Waals surface area (Å²) in [6.07, 6.45) is 3.63. The third-order valence-corrected chi connectivity index (χ3v) is 6.68. The van der Waals surface area contributed by atoms with Crippen LogP contribution in [-0.2, 0) is 4.79 Å². The molecule has 3 rings (SSSR count). The van der Waals surface area contributed by atoms with E-state index in [0.717, 1.165) is 68.0 Å². The molecule has 0 radical (unpaired) electrons. The number of nitrogens with zero attached hydrogens (tertiary/aromatic N) is 3. The number of carbonyl (C=O) groups is 1. The number of hydrogen-bond acceptors (Lipinski definition) is 6. The number of rotatable bonds is 8. The van der Waals surface area contributed by atoms with E-state index < -0.39 is 0 Å². The van der Waals surface area contributed by atoms with Crippen molar-refractivity contribution >= 4 is 17.9 Å². The van der Waals surface area contributed by atoms with Gasteiger partial charge in [0, 0.05) is 43.1 Å². The highest BCUT2D eigenvalue weighted by Crippen LogP contribution is 2.34. The van der Waals surface area contributed by atoms with E-state index in [1.165, 1.54) is 10.5 Å². The van der Waals surface area contributed by atoms with Gasteiger partial charge in [0.1, 0.15) is 5.76 Å². The van der Waals surface area contributed by atoms with Crippen molar-refractivity contribution in [3.05, 3.63) is 35.2 Å². The largest absolute Gasteiger partial charge is 0.361 e. The molecule has 2 heterocycles. The summed E-state index contributed by atoms with van der Waals surface area (Å²) in [5.74, 6) is 1.13. The fourth-order valence-electron chi connectivity index (χ4n) is 3.67. The van der Waals surface area contributed by atoms with E-state index in [2.05, 4.69) is 34.6 Å². The van der Waals surface area contributed by atoms with Crippen LogP contribution in [0, 0.1) is 20.8 Å². The molecule has 0 bridgehead atoms. The Morgan fingerprint density at radius 2 is 1.90 bits per heavy atom. The third kappa shape index (κ3) is 5.62. The Hall–Kier alpha value is -1.83. The Morgan fingerprint density at radius 3 is 2.55 bits per heavy atom. The van der Waals surface area contributed by atoms with Crippen LogP contribution in [0.4, 0.5) is 0 Å². The Labute approximate surface area is 177 Å². The van der Waals surface area contributed by atoms with Crippen LogP contribution >= 0.6 is 11.9 Å². The molecule has 1 aliphatic heterocycles. The van der Waals surface area contributed by atoms with Crippen LogP contribution in [0.3, 0.4) is 0 Å². The van der Waals surface area contributed by atoms with Crippen LogP contribution in [0.5, 0.6) is 0 Å². The summed E-state index contributed by atoms with van der Waals surface area (Å²) in [7, 11) is 0. The van der Waals surface area contributed by atoms with E-state index in [4.69, 9.17) is 10.3 Å². The number of aryl methyl sites for hydroxylation is 3. The highest BCUT2D eigenvalue weighted by atomic mass is 32.2. The predicted octanol–water partition coefficient (Wildman–Crippen LogP) is 3.94. The van der Waals surface area contributed by atoms with Gasteiger partial charge in [0.15, 0.2) is 0 Å². The first-order valence-corrected chi connectivity index (χ1v) is 11.2. The van der Waals surface area contributed by atoms with Crippen LogP contribution in [0.1, 0.15) is 42.7 Å². The lowest BCUT2D eigenvalue weighted by Gasteiger charge is -2.34. The van der Waals surface area contributed by atoms with Crippen LogP contribution < -0.4 is 5.73 Å². The predicted molar refractivity (Wildman–Crippen MR) is 118 cm³/mol. The molecule has 1 fully saturated rings. The van der Waals surface area contributed by atoms with Gasteiger partial charge in [-0.1, -0.05) is 23.7 Å². The van der Waals surface area contributed by atoms with Crippen molar-refractivity contribution in [3.63, 3.8) is 0 Å². The number of amides is 1. The maximum atomic E-state index is 12.4. The highest BCUT2D eigenvalue weighted by molar-refractivity contribution is 7.97. The van der Waals surface area contributed by atoms with E-state index in [1.807, 2.05) is 18.7 Å². The summed E-state index contributed by atoms with van der Waals surface area (Å²) >= 11 is 1.78. The molecule has 1 saturated heterocycles. The first-order chi connectivity index (χ1) is 14.0. The Balaban J connectivity index is 1.57. The van der Waals surface area contributed by atoms with Crippen molar-refractivity contribution in [1.29, 1.82) is 0 Å². The lowest BCUT2D eigenvalue weighted by atomic mass is 10.0. The van der Waals surface area contributed by atoms with Crippen molar-refractivity contribution in [3.8, 4) is 11.1 Å². The zero-order valence-electron chi connectivity index (χ0n) is 17.7. The van der Waals surface area contributed by atoms with Crippen molar-refractivity contribution in [2.45, 2.75) is 51.3 Å². The SMILES string of the molecule is Cc1ccc(-c2c(C)noc2C)cc1SN1CCN(C(=O)CCCCCN)CC1. The lowest BCUT2D eigenvalue weighted by Crippen LogP contribution is -2.46. The highest BCUT2D eigenvalue weighted by Gasteiger charge is 2.22. The van der Waals surface area contributed by atoms with E-state index in [0.29, 0.717) is 13.0 Å². The summed E-state index contributed by atoms with van der Waals surface area (Å²) < 4.78 is 7.69. The van der Waals surface area contributed by atoms with Crippen LogP contribution in [0.15, 0.2) is 27.6 Å². The van der Waals surface area contributed by atoms with Crippen molar-refractivity contribution in [2.24, 2.45) is 5.73 Å². The summed E-state index contributed by atoms with van der Waals surface area (Å²) in [5, 5.41) is 4.08. The molecule has 0 spiro atoms. The molecule has 2 aromatic rings. The smallest absolute Gasteiger partial charge is 0.222 e. The minimum Gasteiger partial charge on any atom is -0.361 e. The number of unbranched alkanes of at least 4 members (excludes halogenated alkanes) is 2. The second kappa shape index (κ2) is 10.3. The van der Waals surface area contributed by atoms with Gasteiger partial charge in [0.2, 0.25) is 5.91 Å². The molecule has 0 saturated carbocycles. The van der Waals surface area contributed by atoms with Gasteiger partial charge in [-0.2, -0.15) is 0 Å². The van der Waals surface area contributed by atoms with E-state index in [-0.39, 0.29) is 5.91 Å². The van der Waals surface area contributed by atoms with E-state index in [9.17, 15) is 4.79 Å². The molecule has 1 aromatic carbocycles. The quantitative estimate of drug-likeness (QED) is 0.519.